The van der Waals surface area contributed by atoms with Crippen LogP contribution in [0.4, 0.5) is 5.69 Å². The lowest BCUT2D eigenvalue weighted by molar-refractivity contribution is -0.115. The monoisotopic (exact) mass is 471 g/mol. The fourth-order valence-corrected chi connectivity index (χ4v) is 5.29. The Bertz CT molecular complexity index is 1260. The minimum atomic E-state index is -0.475. The molecule has 7 nitrogen and oxygen atoms in total. The van der Waals surface area contributed by atoms with Gasteiger partial charge in [0.05, 0.1) is 16.2 Å². The number of amides is 1. The highest BCUT2D eigenvalue weighted by molar-refractivity contribution is 8.00. The Morgan fingerprint density at radius 1 is 1.19 bits per heavy atom. The number of nitrogens with zero attached hydrogens (tertiary/aromatic N) is 2. The zero-order valence-electron chi connectivity index (χ0n) is 17.5. The Kier molecular flexibility index (Phi) is 5.73. The smallest absolute Gasteiger partial charge is 0.262 e. The molecule has 2 aliphatic rings. The van der Waals surface area contributed by atoms with E-state index in [1.165, 1.54) is 11.8 Å². The minimum Gasteiger partial charge on any atom is -0.454 e. The molecule has 1 aliphatic heterocycles. The summed E-state index contributed by atoms with van der Waals surface area (Å²) in [4.78, 5) is 31.0. The van der Waals surface area contributed by atoms with Crippen LogP contribution >= 0.6 is 23.4 Å². The van der Waals surface area contributed by atoms with Crippen molar-refractivity contribution in [1.82, 2.24) is 9.55 Å². The predicted octanol–water partition coefficient (Wildman–Crippen LogP) is 5.01. The van der Waals surface area contributed by atoms with Crippen molar-refractivity contribution < 1.29 is 14.3 Å². The van der Waals surface area contributed by atoms with Crippen molar-refractivity contribution in [3.8, 4) is 11.5 Å². The van der Waals surface area contributed by atoms with Gasteiger partial charge in [0.15, 0.2) is 16.7 Å². The van der Waals surface area contributed by atoms with Crippen LogP contribution in [-0.2, 0) is 4.79 Å². The summed E-state index contributed by atoms with van der Waals surface area (Å²) in [6, 6.07) is 10.5. The van der Waals surface area contributed by atoms with Crippen LogP contribution in [0.15, 0.2) is 46.3 Å². The molecular weight excluding hydrogens is 450 g/mol. The second kappa shape index (κ2) is 8.67. The van der Waals surface area contributed by atoms with Crippen LogP contribution in [0.2, 0.25) is 5.02 Å². The number of thioether (sulfide) groups is 1. The predicted molar refractivity (Wildman–Crippen MR) is 125 cm³/mol. The minimum absolute atomic E-state index is 0.0792. The van der Waals surface area contributed by atoms with E-state index in [4.69, 9.17) is 26.1 Å². The van der Waals surface area contributed by atoms with E-state index in [2.05, 4.69) is 5.32 Å². The van der Waals surface area contributed by atoms with Crippen LogP contribution in [0.5, 0.6) is 11.5 Å². The number of fused-ring (bicyclic) bond motifs is 2. The molecule has 0 spiro atoms. The molecule has 1 N–H and O–H groups in total. The standard InChI is InChI=1S/C23H22ClN3O4S/c1-13(21(28)25-15-7-9-19-20(11-15)31-12-30-19)32-23-26-18-10-14(24)6-8-17(18)22(29)27(23)16-4-2-3-5-16/h6-11,13,16H,2-5,12H2,1H3,(H,25,28)/t13-/m1/s1. The van der Waals surface area contributed by atoms with Crippen LogP contribution in [0.3, 0.4) is 0 Å². The highest BCUT2D eigenvalue weighted by Gasteiger charge is 2.26. The number of anilines is 1. The van der Waals surface area contributed by atoms with Gasteiger partial charge < -0.3 is 14.8 Å². The highest BCUT2D eigenvalue weighted by atomic mass is 35.5. The van der Waals surface area contributed by atoms with E-state index < -0.39 is 5.25 Å². The second-order valence-corrected chi connectivity index (χ2v) is 9.73. The maximum absolute atomic E-state index is 13.3. The molecule has 32 heavy (non-hydrogen) atoms. The van der Waals surface area contributed by atoms with Crippen LogP contribution in [0, 0.1) is 0 Å². The average molecular weight is 472 g/mol. The van der Waals surface area contributed by atoms with Gasteiger partial charge in [-0.2, -0.15) is 0 Å². The van der Waals surface area contributed by atoms with Gasteiger partial charge in [-0.05, 0) is 50.1 Å². The second-order valence-electron chi connectivity index (χ2n) is 7.99. The molecule has 1 aliphatic carbocycles. The Labute approximate surface area is 194 Å². The summed E-state index contributed by atoms with van der Waals surface area (Å²) < 4.78 is 12.5. The molecule has 2 aromatic carbocycles. The van der Waals surface area contributed by atoms with Crippen molar-refractivity contribution in [3.05, 3.63) is 51.8 Å². The van der Waals surface area contributed by atoms with Crippen molar-refractivity contribution in [3.63, 3.8) is 0 Å². The van der Waals surface area contributed by atoms with Crippen LogP contribution < -0.4 is 20.3 Å². The first-order chi connectivity index (χ1) is 15.5. The van der Waals surface area contributed by atoms with Gasteiger partial charge in [-0.3, -0.25) is 14.2 Å². The first-order valence-electron chi connectivity index (χ1n) is 10.6. The summed E-state index contributed by atoms with van der Waals surface area (Å²) in [6.07, 6.45) is 4.04. The molecule has 9 heteroatoms. The zero-order chi connectivity index (χ0) is 22.2. The molecule has 166 valence electrons. The Morgan fingerprint density at radius 3 is 2.78 bits per heavy atom. The normalized spacial score (nSPS) is 16.4. The van der Waals surface area contributed by atoms with Gasteiger partial charge in [0.25, 0.3) is 5.56 Å². The molecule has 1 fully saturated rings. The Balaban J connectivity index is 1.43. The van der Waals surface area contributed by atoms with Gasteiger partial charge >= 0.3 is 0 Å². The summed E-state index contributed by atoms with van der Waals surface area (Å²) in [6.45, 7) is 1.98. The first kappa shape index (κ1) is 21.2. The van der Waals surface area contributed by atoms with E-state index in [0.717, 1.165) is 25.7 Å². The molecule has 1 saturated carbocycles. The maximum atomic E-state index is 13.3. The number of carbonyl (C=O) groups excluding carboxylic acids is 1. The maximum Gasteiger partial charge on any atom is 0.262 e. The van der Waals surface area contributed by atoms with E-state index in [1.807, 2.05) is 0 Å². The van der Waals surface area contributed by atoms with Crippen LogP contribution in [0.25, 0.3) is 10.9 Å². The molecule has 3 aromatic rings. The Hall–Kier alpha value is -2.71. The fourth-order valence-electron chi connectivity index (χ4n) is 4.15. The SMILES string of the molecule is C[C@@H](Sc1nc2cc(Cl)ccc2c(=O)n1C1CCCC1)C(=O)Nc1ccc2c(c1)OCO2. The van der Waals surface area contributed by atoms with Crippen molar-refractivity contribution >= 4 is 45.9 Å². The summed E-state index contributed by atoms with van der Waals surface area (Å²) in [5.41, 5.74) is 1.09. The van der Waals surface area contributed by atoms with Gasteiger partial charge in [-0.1, -0.05) is 36.2 Å². The lowest BCUT2D eigenvalue weighted by atomic mass is 10.2. The van der Waals surface area contributed by atoms with Gasteiger partial charge in [0, 0.05) is 22.8 Å². The third-order valence-electron chi connectivity index (χ3n) is 5.81. The molecule has 0 unspecified atom stereocenters. The number of rotatable bonds is 5. The van der Waals surface area contributed by atoms with Gasteiger partial charge in [-0.15, -0.1) is 0 Å². The number of carbonyl (C=O) groups is 1. The van der Waals surface area contributed by atoms with E-state index in [1.54, 1.807) is 47.9 Å². The van der Waals surface area contributed by atoms with Crippen LogP contribution in [0.1, 0.15) is 38.6 Å². The lowest BCUT2D eigenvalue weighted by Crippen LogP contribution is -2.29. The summed E-state index contributed by atoms with van der Waals surface area (Å²) in [5, 5.41) is 4.05. The molecule has 1 aromatic heterocycles. The van der Waals surface area contributed by atoms with Gasteiger partial charge in [-0.25, -0.2) is 4.98 Å². The molecule has 0 radical (unpaired) electrons. The summed E-state index contributed by atoms with van der Waals surface area (Å²) in [7, 11) is 0. The number of ether oxygens (including phenoxy) is 2. The first-order valence-corrected chi connectivity index (χ1v) is 11.8. The van der Waals surface area contributed by atoms with Crippen molar-refractivity contribution in [2.45, 2.75) is 49.1 Å². The number of benzene rings is 2. The van der Waals surface area contributed by atoms with E-state index >= 15 is 0 Å². The largest absolute Gasteiger partial charge is 0.454 e. The number of halogens is 1. The molecule has 2 heterocycles. The van der Waals surface area contributed by atoms with E-state index in [0.29, 0.717) is 38.3 Å². The number of aromatic nitrogens is 2. The molecule has 1 atom stereocenters. The molecule has 0 bridgehead atoms. The zero-order valence-corrected chi connectivity index (χ0v) is 19.0. The molecular formula is C23H22ClN3O4S. The molecule has 1 amide bonds. The van der Waals surface area contributed by atoms with Gasteiger partial charge in [0.1, 0.15) is 0 Å². The topological polar surface area (TPSA) is 82.5 Å². The Morgan fingerprint density at radius 2 is 1.97 bits per heavy atom. The van der Waals surface area contributed by atoms with E-state index in [9.17, 15) is 9.59 Å². The van der Waals surface area contributed by atoms with Crippen LogP contribution in [-0.4, -0.2) is 27.5 Å². The average Bonchev–Trinajstić information content (AvgIpc) is 3.45. The third-order valence-corrected chi connectivity index (χ3v) is 7.11. The number of nitrogens with one attached hydrogen (secondary N) is 1. The van der Waals surface area contributed by atoms with Crippen molar-refractivity contribution in [1.29, 1.82) is 0 Å². The number of hydrogen-bond acceptors (Lipinski definition) is 6. The lowest BCUT2D eigenvalue weighted by Gasteiger charge is -2.20. The third kappa shape index (κ3) is 4.04. The molecule has 0 saturated heterocycles. The van der Waals surface area contributed by atoms with Crippen molar-refractivity contribution in [2.75, 3.05) is 12.1 Å². The van der Waals surface area contributed by atoms with Crippen molar-refractivity contribution in [2.24, 2.45) is 0 Å². The fraction of sp³-hybridized carbons (Fsp3) is 0.348. The highest BCUT2D eigenvalue weighted by Crippen LogP contribution is 2.36. The van der Waals surface area contributed by atoms with Gasteiger partial charge in [0.2, 0.25) is 12.7 Å². The quantitative estimate of drug-likeness (QED) is 0.416. The van der Waals surface area contributed by atoms with E-state index in [-0.39, 0.29) is 24.3 Å². The number of hydrogen-bond donors (Lipinski definition) is 1. The molecule has 5 rings (SSSR count). The summed E-state index contributed by atoms with van der Waals surface area (Å²) in [5.74, 6) is 1.07. The summed E-state index contributed by atoms with van der Waals surface area (Å²) >= 11 is 7.42.